The zero-order valence-electron chi connectivity index (χ0n) is 15.8. The summed E-state index contributed by atoms with van der Waals surface area (Å²) >= 11 is 1.70. The lowest BCUT2D eigenvalue weighted by atomic mass is 9.97. The van der Waals surface area contributed by atoms with Gasteiger partial charge in [-0.1, -0.05) is 13.0 Å². The molecule has 3 heterocycles. The average molecular weight is 399 g/mol. The van der Waals surface area contributed by atoms with Crippen molar-refractivity contribution in [1.82, 2.24) is 20.2 Å². The highest BCUT2D eigenvalue weighted by molar-refractivity contribution is 7.10. The van der Waals surface area contributed by atoms with Gasteiger partial charge in [-0.05, 0) is 49.4 Å². The van der Waals surface area contributed by atoms with Gasteiger partial charge in [0.1, 0.15) is 11.3 Å². The lowest BCUT2D eigenvalue weighted by Gasteiger charge is -2.36. The Kier molecular flexibility index (Phi) is 5.64. The normalized spacial score (nSPS) is 16.9. The second-order valence-electron chi connectivity index (χ2n) is 7.34. The summed E-state index contributed by atoms with van der Waals surface area (Å²) in [4.78, 5) is 24.9. The van der Waals surface area contributed by atoms with Crippen molar-refractivity contribution in [2.75, 3.05) is 19.6 Å². The van der Waals surface area contributed by atoms with Gasteiger partial charge in [0.05, 0.1) is 17.1 Å². The van der Waals surface area contributed by atoms with Gasteiger partial charge in [-0.2, -0.15) is 0 Å². The van der Waals surface area contributed by atoms with E-state index >= 15 is 0 Å². The number of fused-ring (bicyclic) bond motifs is 1. The Balaban J connectivity index is 1.54. The number of likely N-dealkylation sites (tertiary alicyclic amines) is 1. The van der Waals surface area contributed by atoms with Gasteiger partial charge in [-0.3, -0.25) is 19.7 Å². The first-order chi connectivity index (χ1) is 13.6. The molecule has 3 aromatic rings. The number of aromatic nitrogens is 2. The Bertz CT molecular complexity index is 954. The first-order valence-electron chi connectivity index (χ1n) is 9.57. The summed E-state index contributed by atoms with van der Waals surface area (Å²) in [7, 11) is 0. The topological polar surface area (TPSA) is 58.1 Å². The molecular weight excluding hydrogens is 375 g/mol. The van der Waals surface area contributed by atoms with Crippen molar-refractivity contribution in [1.29, 1.82) is 0 Å². The molecular formula is C21H23FN4OS. The van der Waals surface area contributed by atoms with Gasteiger partial charge in [0, 0.05) is 29.9 Å². The molecule has 1 N–H and O–H groups in total. The molecule has 1 amide bonds. The van der Waals surface area contributed by atoms with Gasteiger partial charge in [0.2, 0.25) is 0 Å². The SMILES string of the molecule is CC1CCN(C(CNC(=O)c2cc(F)cc3nccnc23)c2cccs2)CC1. The Labute approximate surface area is 167 Å². The fourth-order valence-corrected chi connectivity index (χ4v) is 4.59. The molecule has 1 aliphatic heterocycles. The Morgan fingerprint density at radius 3 is 2.86 bits per heavy atom. The largest absolute Gasteiger partial charge is 0.350 e. The molecule has 4 rings (SSSR count). The maximum absolute atomic E-state index is 14.0. The summed E-state index contributed by atoms with van der Waals surface area (Å²) in [6.45, 7) is 4.81. The zero-order valence-corrected chi connectivity index (χ0v) is 16.6. The summed E-state index contributed by atoms with van der Waals surface area (Å²) in [6.07, 6.45) is 5.34. The smallest absolute Gasteiger partial charge is 0.253 e. The zero-order chi connectivity index (χ0) is 19.5. The molecule has 7 heteroatoms. The summed E-state index contributed by atoms with van der Waals surface area (Å²) in [5, 5.41) is 5.07. The molecule has 1 unspecified atom stereocenters. The number of carbonyl (C=O) groups is 1. The molecule has 1 saturated heterocycles. The Morgan fingerprint density at radius 2 is 2.11 bits per heavy atom. The van der Waals surface area contributed by atoms with Crippen LogP contribution in [-0.4, -0.2) is 40.4 Å². The predicted molar refractivity (Wildman–Crippen MR) is 109 cm³/mol. The van der Waals surface area contributed by atoms with Gasteiger partial charge >= 0.3 is 0 Å². The summed E-state index contributed by atoms with van der Waals surface area (Å²) < 4.78 is 14.0. The lowest BCUT2D eigenvalue weighted by Crippen LogP contribution is -2.41. The minimum atomic E-state index is -0.488. The minimum absolute atomic E-state index is 0.127. The van der Waals surface area contributed by atoms with E-state index in [4.69, 9.17) is 0 Å². The number of rotatable bonds is 5. The van der Waals surface area contributed by atoms with Crippen LogP contribution in [0.3, 0.4) is 0 Å². The third-order valence-electron chi connectivity index (χ3n) is 5.37. The number of amides is 1. The van der Waals surface area contributed by atoms with E-state index in [1.807, 2.05) is 6.07 Å². The first-order valence-corrected chi connectivity index (χ1v) is 10.5. The lowest BCUT2D eigenvalue weighted by molar-refractivity contribution is 0.0916. The van der Waals surface area contributed by atoms with Crippen molar-refractivity contribution in [3.63, 3.8) is 0 Å². The minimum Gasteiger partial charge on any atom is -0.350 e. The van der Waals surface area contributed by atoms with E-state index in [1.165, 1.54) is 42.2 Å². The van der Waals surface area contributed by atoms with E-state index in [2.05, 4.69) is 38.6 Å². The number of hydrogen-bond donors (Lipinski definition) is 1. The third-order valence-corrected chi connectivity index (χ3v) is 6.34. The second-order valence-corrected chi connectivity index (χ2v) is 8.32. The number of halogens is 1. The fraction of sp³-hybridized carbons (Fsp3) is 0.381. The van der Waals surface area contributed by atoms with Crippen molar-refractivity contribution in [2.24, 2.45) is 5.92 Å². The molecule has 28 heavy (non-hydrogen) atoms. The number of carbonyl (C=O) groups excluding carboxylic acids is 1. The molecule has 0 spiro atoms. The first kappa shape index (κ1) is 19.0. The van der Waals surface area contributed by atoms with E-state index in [1.54, 1.807) is 11.3 Å². The molecule has 1 aromatic carbocycles. The van der Waals surface area contributed by atoms with Crippen LogP contribution in [0.25, 0.3) is 11.0 Å². The standard InChI is InChI=1S/C21H23FN4OS/c1-14-4-8-26(9-5-14)18(19-3-2-10-28-19)13-25-21(27)16-11-15(22)12-17-20(16)24-7-6-23-17/h2-3,6-7,10-12,14,18H,4-5,8-9,13H2,1H3,(H,25,27). The maximum atomic E-state index is 14.0. The van der Waals surface area contributed by atoms with Crippen molar-refractivity contribution < 1.29 is 9.18 Å². The van der Waals surface area contributed by atoms with Crippen molar-refractivity contribution in [3.8, 4) is 0 Å². The van der Waals surface area contributed by atoms with Gasteiger partial charge in [-0.25, -0.2) is 4.39 Å². The summed E-state index contributed by atoms with van der Waals surface area (Å²) in [6, 6.07) is 6.80. The number of hydrogen-bond acceptors (Lipinski definition) is 5. The molecule has 0 radical (unpaired) electrons. The summed E-state index contributed by atoms with van der Waals surface area (Å²) in [5.74, 6) is -0.0676. The maximum Gasteiger partial charge on any atom is 0.253 e. The van der Waals surface area contributed by atoms with Crippen LogP contribution in [0, 0.1) is 11.7 Å². The Morgan fingerprint density at radius 1 is 1.32 bits per heavy atom. The van der Waals surface area contributed by atoms with Crippen LogP contribution in [-0.2, 0) is 0 Å². The van der Waals surface area contributed by atoms with Gasteiger partial charge in [-0.15, -0.1) is 11.3 Å². The van der Waals surface area contributed by atoms with Crippen LogP contribution in [0.2, 0.25) is 0 Å². The predicted octanol–water partition coefficient (Wildman–Crippen LogP) is 4.03. The average Bonchev–Trinajstić information content (AvgIpc) is 3.23. The molecule has 2 aromatic heterocycles. The van der Waals surface area contributed by atoms with E-state index in [9.17, 15) is 9.18 Å². The highest BCUT2D eigenvalue weighted by Gasteiger charge is 2.26. The van der Waals surface area contributed by atoms with Crippen molar-refractivity contribution in [2.45, 2.75) is 25.8 Å². The van der Waals surface area contributed by atoms with Crippen molar-refractivity contribution in [3.05, 3.63) is 58.3 Å². The third kappa shape index (κ3) is 4.05. The quantitative estimate of drug-likeness (QED) is 0.705. The summed E-state index contributed by atoms with van der Waals surface area (Å²) in [5.41, 5.74) is 1.02. The van der Waals surface area contributed by atoms with Crippen LogP contribution in [0.15, 0.2) is 42.0 Å². The van der Waals surface area contributed by atoms with Crippen LogP contribution in [0.1, 0.15) is 41.0 Å². The van der Waals surface area contributed by atoms with Crippen LogP contribution in [0.5, 0.6) is 0 Å². The van der Waals surface area contributed by atoms with E-state index < -0.39 is 5.82 Å². The molecule has 1 fully saturated rings. The van der Waals surface area contributed by atoms with Gasteiger partial charge in [0.15, 0.2) is 0 Å². The van der Waals surface area contributed by atoms with Crippen LogP contribution >= 0.6 is 11.3 Å². The molecule has 146 valence electrons. The second kappa shape index (κ2) is 8.32. The molecule has 1 atom stereocenters. The number of nitrogens with one attached hydrogen (secondary N) is 1. The Hall–Kier alpha value is -2.38. The molecule has 5 nitrogen and oxygen atoms in total. The number of benzene rings is 1. The van der Waals surface area contributed by atoms with E-state index in [0.29, 0.717) is 17.6 Å². The molecule has 0 bridgehead atoms. The van der Waals surface area contributed by atoms with Gasteiger partial charge < -0.3 is 5.32 Å². The number of nitrogens with zero attached hydrogens (tertiary/aromatic N) is 3. The monoisotopic (exact) mass is 398 g/mol. The van der Waals surface area contributed by atoms with Gasteiger partial charge in [0.25, 0.3) is 5.91 Å². The van der Waals surface area contributed by atoms with Crippen LogP contribution < -0.4 is 5.32 Å². The molecule has 0 aliphatic carbocycles. The number of piperidine rings is 1. The molecule has 1 aliphatic rings. The van der Waals surface area contributed by atoms with E-state index in [-0.39, 0.29) is 17.5 Å². The van der Waals surface area contributed by atoms with Crippen molar-refractivity contribution >= 4 is 28.3 Å². The highest BCUT2D eigenvalue weighted by Crippen LogP contribution is 2.29. The fourth-order valence-electron chi connectivity index (χ4n) is 3.73. The van der Waals surface area contributed by atoms with E-state index in [0.717, 1.165) is 19.0 Å². The van der Waals surface area contributed by atoms with Crippen LogP contribution in [0.4, 0.5) is 4.39 Å². The highest BCUT2D eigenvalue weighted by atomic mass is 32.1. The molecule has 0 saturated carbocycles. The number of thiophene rings is 1.